The molecule has 176 valence electrons. The van der Waals surface area contributed by atoms with E-state index < -0.39 is 28.0 Å². The molecule has 0 aliphatic heterocycles. The van der Waals surface area contributed by atoms with Crippen LogP contribution in [0, 0.1) is 5.92 Å². The Morgan fingerprint density at radius 2 is 1.47 bits per heavy atom. The minimum absolute atomic E-state index is 0.200. The number of alkyl halides is 2. The van der Waals surface area contributed by atoms with E-state index in [9.17, 15) is 9.59 Å². The normalized spacial score (nSPS) is 18.2. The van der Waals surface area contributed by atoms with Crippen molar-refractivity contribution in [3.05, 3.63) is 86.9 Å². The highest BCUT2D eigenvalue weighted by Gasteiger charge is 2.67. The third kappa shape index (κ3) is 5.24. The van der Waals surface area contributed by atoms with Crippen LogP contribution in [0.15, 0.2) is 60.7 Å². The Labute approximate surface area is 221 Å². The Bertz CT molecular complexity index is 1260. The Morgan fingerprint density at radius 3 is 2.15 bits per heavy atom. The van der Waals surface area contributed by atoms with E-state index in [1.807, 2.05) is 12.1 Å². The zero-order valence-corrected chi connectivity index (χ0v) is 21.4. The Balaban J connectivity index is 1.50. The molecule has 0 unspecified atom stereocenters. The van der Waals surface area contributed by atoms with Crippen molar-refractivity contribution in [3.8, 4) is 0 Å². The molecule has 1 saturated carbocycles. The topological polar surface area (TPSA) is 70.2 Å². The highest BCUT2D eigenvalue weighted by molar-refractivity contribution is 6.53. The number of hydrogen-bond donors (Lipinski definition) is 3. The maximum atomic E-state index is 13.0. The number of benzene rings is 3. The molecule has 4 rings (SSSR count). The molecule has 0 aromatic heterocycles. The van der Waals surface area contributed by atoms with Crippen LogP contribution < -0.4 is 16.0 Å². The zero-order chi connectivity index (χ0) is 24.6. The fraction of sp³-hybridized carbons (Fsp3) is 0.167. The molecule has 0 radical (unpaired) electrons. The van der Waals surface area contributed by atoms with E-state index in [2.05, 4.69) is 16.0 Å². The summed E-state index contributed by atoms with van der Waals surface area (Å²) in [5.74, 6) is -2.04. The van der Waals surface area contributed by atoms with Crippen LogP contribution in [0.1, 0.15) is 21.8 Å². The first-order valence-corrected chi connectivity index (χ1v) is 12.0. The highest BCUT2D eigenvalue weighted by atomic mass is 35.5. The van der Waals surface area contributed by atoms with Gasteiger partial charge in [-0.15, -0.1) is 23.2 Å². The van der Waals surface area contributed by atoms with Crippen molar-refractivity contribution in [1.82, 2.24) is 0 Å². The van der Waals surface area contributed by atoms with E-state index in [0.29, 0.717) is 27.0 Å². The van der Waals surface area contributed by atoms with Gasteiger partial charge in [-0.05, 0) is 60.2 Å². The first-order valence-electron chi connectivity index (χ1n) is 10.1. The number of anilines is 3. The van der Waals surface area contributed by atoms with Crippen molar-refractivity contribution in [2.24, 2.45) is 5.92 Å². The predicted octanol–water partition coefficient (Wildman–Crippen LogP) is 7.47. The molecule has 10 heteroatoms. The van der Waals surface area contributed by atoms with Crippen molar-refractivity contribution in [3.63, 3.8) is 0 Å². The molecule has 2 amide bonds. The van der Waals surface area contributed by atoms with Crippen LogP contribution in [-0.2, 0) is 4.79 Å². The smallest absolute Gasteiger partial charge is 0.257 e. The quantitative estimate of drug-likeness (QED) is 0.276. The molecule has 0 bridgehead atoms. The van der Waals surface area contributed by atoms with Gasteiger partial charge in [-0.3, -0.25) is 9.59 Å². The number of carbonyl (C=O) groups excluding carboxylic acids is 2. The second-order valence-electron chi connectivity index (χ2n) is 7.80. The molecule has 0 saturated heterocycles. The summed E-state index contributed by atoms with van der Waals surface area (Å²) in [5, 5.41) is 9.66. The van der Waals surface area contributed by atoms with Crippen molar-refractivity contribution in [2.75, 3.05) is 23.0 Å². The fourth-order valence-corrected chi connectivity index (χ4v) is 5.34. The molecular formula is C24H18Cl5N3O2. The molecule has 3 N–H and O–H groups in total. The molecule has 3 aromatic rings. The van der Waals surface area contributed by atoms with Crippen LogP contribution in [0.4, 0.5) is 17.1 Å². The lowest BCUT2D eigenvalue weighted by atomic mass is 10.1. The van der Waals surface area contributed by atoms with Gasteiger partial charge in [0.1, 0.15) is 4.33 Å². The van der Waals surface area contributed by atoms with E-state index in [0.717, 1.165) is 5.69 Å². The molecule has 5 nitrogen and oxygen atoms in total. The molecule has 1 fully saturated rings. The van der Waals surface area contributed by atoms with E-state index >= 15 is 0 Å². The molecular weight excluding hydrogens is 540 g/mol. The molecule has 1 aliphatic rings. The van der Waals surface area contributed by atoms with Gasteiger partial charge in [-0.25, -0.2) is 0 Å². The van der Waals surface area contributed by atoms with Gasteiger partial charge in [0.25, 0.3) is 5.91 Å². The number of nitrogens with one attached hydrogen (secondary N) is 3. The van der Waals surface area contributed by atoms with Crippen molar-refractivity contribution in [1.29, 1.82) is 0 Å². The molecule has 34 heavy (non-hydrogen) atoms. The largest absolute Gasteiger partial charge is 0.388 e. The fourth-order valence-electron chi connectivity index (χ4n) is 3.77. The van der Waals surface area contributed by atoms with Gasteiger partial charge in [0.2, 0.25) is 5.91 Å². The first kappa shape index (κ1) is 25.0. The van der Waals surface area contributed by atoms with Crippen LogP contribution in [0.2, 0.25) is 15.1 Å². The van der Waals surface area contributed by atoms with Crippen molar-refractivity contribution >= 4 is 86.9 Å². The average molecular weight is 558 g/mol. The number of amides is 2. The second-order valence-corrected chi connectivity index (χ2v) is 10.5. The van der Waals surface area contributed by atoms with E-state index in [-0.39, 0.29) is 10.6 Å². The minimum atomic E-state index is -1.32. The highest BCUT2D eigenvalue weighted by Crippen LogP contribution is 2.65. The Morgan fingerprint density at radius 1 is 0.824 bits per heavy atom. The lowest BCUT2D eigenvalue weighted by Crippen LogP contribution is -2.18. The van der Waals surface area contributed by atoms with Gasteiger partial charge < -0.3 is 16.0 Å². The lowest BCUT2D eigenvalue weighted by Gasteiger charge is -2.11. The van der Waals surface area contributed by atoms with Gasteiger partial charge in [0.05, 0.1) is 16.5 Å². The van der Waals surface area contributed by atoms with Gasteiger partial charge in [0, 0.05) is 40.1 Å². The molecule has 0 spiro atoms. The minimum Gasteiger partial charge on any atom is -0.388 e. The Hall–Kier alpha value is -2.15. The summed E-state index contributed by atoms with van der Waals surface area (Å²) in [4.78, 5) is 25.8. The van der Waals surface area contributed by atoms with Crippen LogP contribution in [0.5, 0.6) is 0 Å². The summed E-state index contributed by atoms with van der Waals surface area (Å²) >= 11 is 31.3. The Kier molecular flexibility index (Phi) is 7.22. The molecule has 0 heterocycles. The van der Waals surface area contributed by atoms with Crippen LogP contribution >= 0.6 is 58.0 Å². The van der Waals surface area contributed by atoms with Gasteiger partial charge in [-0.1, -0.05) is 40.9 Å². The van der Waals surface area contributed by atoms with Crippen LogP contribution in [0.3, 0.4) is 0 Å². The van der Waals surface area contributed by atoms with Gasteiger partial charge in [0.15, 0.2) is 0 Å². The third-order valence-electron chi connectivity index (χ3n) is 5.47. The molecule has 2 atom stereocenters. The number of halogens is 5. The van der Waals surface area contributed by atoms with Gasteiger partial charge >= 0.3 is 0 Å². The summed E-state index contributed by atoms with van der Waals surface area (Å²) in [5.41, 5.74) is 2.68. The zero-order valence-electron chi connectivity index (χ0n) is 17.6. The van der Waals surface area contributed by atoms with E-state index in [1.54, 1.807) is 43.4 Å². The molecule has 1 aliphatic carbocycles. The van der Waals surface area contributed by atoms with Gasteiger partial charge in [-0.2, -0.15) is 0 Å². The predicted molar refractivity (Wildman–Crippen MR) is 141 cm³/mol. The summed E-state index contributed by atoms with van der Waals surface area (Å²) in [7, 11) is 1.78. The van der Waals surface area contributed by atoms with Crippen LogP contribution in [0.25, 0.3) is 0 Å². The van der Waals surface area contributed by atoms with Crippen LogP contribution in [-0.4, -0.2) is 23.2 Å². The van der Waals surface area contributed by atoms with Crippen molar-refractivity contribution in [2.45, 2.75) is 10.3 Å². The SMILES string of the molecule is CNc1cccc(NC(=O)c2cc(NC(=O)[C@H]3[C@H](c4cc(Cl)cc(Cl)c4)C3(Cl)Cl)ccc2Cl)c1. The number of carbonyl (C=O) groups is 2. The summed E-state index contributed by atoms with van der Waals surface area (Å²) in [6.45, 7) is 0. The third-order valence-corrected chi connectivity index (χ3v) is 7.17. The number of hydrogen-bond acceptors (Lipinski definition) is 3. The van der Waals surface area contributed by atoms with Crippen molar-refractivity contribution < 1.29 is 9.59 Å². The first-order chi connectivity index (χ1) is 16.1. The second kappa shape index (κ2) is 9.84. The average Bonchev–Trinajstić information content (AvgIpc) is 3.36. The van der Waals surface area contributed by atoms with E-state index in [1.165, 1.54) is 12.1 Å². The molecule has 3 aromatic carbocycles. The maximum Gasteiger partial charge on any atom is 0.257 e. The lowest BCUT2D eigenvalue weighted by molar-refractivity contribution is -0.117. The summed E-state index contributed by atoms with van der Waals surface area (Å²) < 4.78 is -1.32. The number of rotatable bonds is 6. The summed E-state index contributed by atoms with van der Waals surface area (Å²) in [6.07, 6.45) is 0. The maximum absolute atomic E-state index is 13.0. The standard InChI is InChI=1S/C24H18Cl5N3O2/c1-30-15-3-2-4-16(10-15)31-22(33)18-11-17(5-6-19(18)27)32-23(34)21-20(24(21,28)29)12-7-13(25)9-14(26)8-12/h2-11,20-21,30H,1H3,(H,31,33)(H,32,34)/t20-,21+/m0/s1. The summed E-state index contributed by atoms with van der Waals surface area (Å²) in [6, 6.07) is 16.8. The van der Waals surface area contributed by atoms with E-state index in [4.69, 9.17) is 58.0 Å². The monoisotopic (exact) mass is 555 g/mol.